The van der Waals surface area contributed by atoms with E-state index in [9.17, 15) is 9.59 Å². The van der Waals surface area contributed by atoms with Crippen molar-refractivity contribution in [2.75, 3.05) is 30.0 Å². The predicted molar refractivity (Wildman–Crippen MR) is 128 cm³/mol. The molecule has 3 heterocycles. The second-order valence-electron chi connectivity index (χ2n) is 7.21. The minimum absolute atomic E-state index is 0.110. The first-order valence-electron chi connectivity index (χ1n) is 9.99. The van der Waals surface area contributed by atoms with Gasteiger partial charge in [0.15, 0.2) is 11.5 Å². The molecule has 162 valence electrons. The molecule has 0 bridgehead atoms. The van der Waals surface area contributed by atoms with E-state index in [1.165, 1.54) is 16.2 Å². The Kier molecular flexibility index (Phi) is 5.67. The molecule has 5 rings (SSSR count). The largest absolute Gasteiger partial charge is 0.486 e. The Labute approximate surface area is 196 Å². The van der Waals surface area contributed by atoms with E-state index < -0.39 is 0 Å². The van der Waals surface area contributed by atoms with Crippen LogP contribution in [0.25, 0.3) is 0 Å². The minimum Gasteiger partial charge on any atom is -0.486 e. The van der Waals surface area contributed by atoms with E-state index in [-0.39, 0.29) is 24.8 Å². The molecule has 0 saturated heterocycles. The van der Waals surface area contributed by atoms with E-state index >= 15 is 0 Å². The van der Waals surface area contributed by atoms with Gasteiger partial charge in [0.2, 0.25) is 11.8 Å². The predicted octanol–water partition coefficient (Wildman–Crippen LogP) is 4.78. The van der Waals surface area contributed by atoms with Gasteiger partial charge in [-0.1, -0.05) is 12.1 Å². The molecule has 0 unspecified atom stereocenters. The Balaban J connectivity index is 1.37. The molecule has 0 aliphatic carbocycles. The Morgan fingerprint density at radius 3 is 2.72 bits per heavy atom. The van der Waals surface area contributed by atoms with Crippen molar-refractivity contribution < 1.29 is 19.1 Å². The second-order valence-corrected chi connectivity index (χ2v) is 9.68. The van der Waals surface area contributed by atoms with E-state index in [0.29, 0.717) is 47.5 Å². The highest BCUT2D eigenvalue weighted by Crippen LogP contribution is 2.35. The lowest BCUT2D eigenvalue weighted by atomic mass is 10.2. The lowest BCUT2D eigenvalue weighted by Gasteiger charge is -2.22. The van der Waals surface area contributed by atoms with Gasteiger partial charge in [0.25, 0.3) is 0 Å². The maximum absolute atomic E-state index is 13.2. The number of anilines is 2. The average Bonchev–Trinajstić information content (AvgIpc) is 3.18. The molecule has 2 aliphatic heterocycles. The molecule has 2 amide bonds. The SMILES string of the molecule is O=C(CN1C(=O)CC(c2ccc(Br)s2)=Nc2ccccc21)Nc1ccc2c(c1)OCCO2. The van der Waals surface area contributed by atoms with Crippen LogP contribution in [0.4, 0.5) is 17.1 Å². The van der Waals surface area contributed by atoms with Gasteiger partial charge in [-0.2, -0.15) is 0 Å². The highest BCUT2D eigenvalue weighted by Gasteiger charge is 2.27. The zero-order valence-corrected chi connectivity index (χ0v) is 19.2. The zero-order valence-electron chi connectivity index (χ0n) is 16.8. The van der Waals surface area contributed by atoms with Gasteiger partial charge >= 0.3 is 0 Å². The lowest BCUT2D eigenvalue weighted by molar-refractivity contribution is -0.120. The number of thiophene rings is 1. The monoisotopic (exact) mass is 511 g/mol. The molecular weight excluding hydrogens is 494 g/mol. The number of ether oxygens (including phenoxy) is 2. The first-order chi connectivity index (χ1) is 15.6. The third kappa shape index (κ3) is 4.26. The van der Waals surface area contributed by atoms with E-state index in [0.717, 1.165) is 8.66 Å². The van der Waals surface area contributed by atoms with Gasteiger partial charge in [-0.05, 0) is 52.3 Å². The number of rotatable bonds is 4. The fourth-order valence-electron chi connectivity index (χ4n) is 3.60. The van der Waals surface area contributed by atoms with Gasteiger partial charge in [-0.3, -0.25) is 9.59 Å². The summed E-state index contributed by atoms with van der Waals surface area (Å²) in [4.78, 5) is 33.2. The van der Waals surface area contributed by atoms with Gasteiger partial charge in [0, 0.05) is 11.8 Å². The van der Waals surface area contributed by atoms with Crippen molar-refractivity contribution in [1.29, 1.82) is 0 Å². The van der Waals surface area contributed by atoms with Crippen molar-refractivity contribution in [3.63, 3.8) is 0 Å². The lowest BCUT2D eigenvalue weighted by Crippen LogP contribution is -2.38. The molecule has 0 radical (unpaired) electrons. The molecule has 0 saturated carbocycles. The molecular formula is C23H18BrN3O4S. The van der Waals surface area contributed by atoms with Gasteiger partial charge in [-0.15, -0.1) is 11.3 Å². The maximum atomic E-state index is 13.2. The molecule has 3 aromatic rings. The highest BCUT2D eigenvalue weighted by atomic mass is 79.9. The van der Waals surface area contributed by atoms with Crippen LogP contribution < -0.4 is 19.7 Å². The van der Waals surface area contributed by atoms with E-state index in [1.807, 2.05) is 30.3 Å². The van der Waals surface area contributed by atoms with Gasteiger partial charge < -0.3 is 19.7 Å². The average molecular weight is 512 g/mol. The van der Waals surface area contributed by atoms with Crippen LogP contribution in [0.15, 0.2) is 63.4 Å². The number of para-hydroxylation sites is 2. The highest BCUT2D eigenvalue weighted by molar-refractivity contribution is 9.11. The summed E-state index contributed by atoms with van der Waals surface area (Å²) < 4.78 is 12.1. The van der Waals surface area contributed by atoms with Crippen molar-refractivity contribution in [2.24, 2.45) is 4.99 Å². The second kappa shape index (κ2) is 8.76. The molecule has 7 nitrogen and oxygen atoms in total. The van der Waals surface area contributed by atoms with E-state index in [4.69, 9.17) is 14.5 Å². The number of fused-ring (bicyclic) bond motifs is 2. The number of aliphatic imine (C=N–C) groups is 1. The van der Waals surface area contributed by atoms with Crippen molar-refractivity contribution in [3.8, 4) is 11.5 Å². The summed E-state index contributed by atoms with van der Waals surface area (Å²) in [6.07, 6.45) is 0.110. The fourth-order valence-corrected chi connectivity index (χ4v) is 4.97. The number of carbonyl (C=O) groups excluding carboxylic acids is 2. The summed E-state index contributed by atoms with van der Waals surface area (Å²) in [5, 5.41) is 2.85. The van der Waals surface area contributed by atoms with Crippen LogP contribution in [-0.2, 0) is 9.59 Å². The number of halogens is 1. The molecule has 2 aliphatic rings. The molecule has 1 N–H and O–H groups in total. The molecule has 32 heavy (non-hydrogen) atoms. The van der Waals surface area contributed by atoms with Crippen molar-refractivity contribution in [1.82, 2.24) is 0 Å². The van der Waals surface area contributed by atoms with Gasteiger partial charge in [0.05, 0.1) is 32.2 Å². The normalized spacial score (nSPS) is 15.0. The van der Waals surface area contributed by atoms with Crippen molar-refractivity contribution in [3.05, 3.63) is 63.3 Å². The van der Waals surface area contributed by atoms with Crippen LogP contribution >= 0.6 is 27.3 Å². The molecule has 2 aromatic carbocycles. The number of carbonyl (C=O) groups is 2. The van der Waals surface area contributed by atoms with E-state index in [2.05, 4.69) is 21.2 Å². The third-order valence-corrected chi connectivity index (χ3v) is 6.71. The number of amides is 2. The summed E-state index contributed by atoms with van der Waals surface area (Å²) >= 11 is 4.98. The molecule has 9 heteroatoms. The number of hydrogen-bond acceptors (Lipinski definition) is 6. The Morgan fingerprint density at radius 2 is 1.91 bits per heavy atom. The summed E-state index contributed by atoms with van der Waals surface area (Å²) in [7, 11) is 0. The molecule has 0 atom stereocenters. The van der Waals surface area contributed by atoms with Gasteiger partial charge in [0.1, 0.15) is 19.8 Å². The van der Waals surface area contributed by atoms with Crippen molar-refractivity contribution in [2.45, 2.75) is 6.42 Å². The van der Waals surface area contributed by atoms with Crippen LogP contribution in [-0.4, -0.2) is 37.3 Å². The zero-order chi connectivity index (χ0) is 22.1. The van der Waals surface area contributed by atoms with E-state index in [1.54, 1.807) is 24.3 Å². The smallest absolute Gasteiger partial charge is 0.244 e. The summed E-state index contributed by atoms with van der Waals surface area (Å²) in [6, 6.07) is 16.5. The van der Waals surface area contributed by atoms with Crippen LogP contribution in [0.1, 0.15) is 11.3 Å². The minimum atomic E-state index is -0.313. The maximum Gasteiger partial charge on any atom is 0.244 e. The number of hydrogen-bond donors (Lipinski definition) is 1. The Hall–Kier alpha value is -3.17. The third-order valence-electron chi connectivity index (χ3n) is 5.03. The summed E-state index contributed by atoms with van der Waals surface area (Å²) in [6.45, 7) is 0.843. The van der Waals surface area contributed by atoms with Crippen molar-refractivity contribution >= 4 is 61.9 Å². The van der Waals surface area contributed by atoms with Crippen LogP contribution in [0.2, 0.25) is 0 Å². The molecule has 0 spiro atoms. The number of nitrogens with one attached hydrogen (secondary N) is 1. The van der Waals surface area contributed by atoms with Crippen LogP contribution in [0.3, 0.4) is 0 Å². The number of nitrogens with zero attached hydrogens (tertiary/aromatic N) is 2. The topological polar surface area (TPSA) is 80.2 Å². The molecule has 1 aromatic heterocycles. The Morgan fingerprint density at radius 1 is 1.09 bits per heavy atom. The standard InChI is InChI=1S/C23H18BrN3O4S/c24-21-8-7-20(32-21)16-12-23(29)27(17-4-2-1-3-15(17)26-16)13-22(28)25-14-5-6-18-19(11-14)31-10-9-30-18/h1-8,11H,9-10,12-13H2,(H,25,28). The number of benzene rings is 2. The Bertz CT molecular complexity index is 1240. The summed E-state index contributed by atoms with van der Waals surface area (Å²) in [5.74, 6) is 0.740. The van der Waals surface area contributed by atoms with Crippen LogP contribution in [0, 0.1) is 0 Å². The molecule has 0 fully saturated rings. The van der Waals surface area contributed by atoms with Crippen LogP contribution in [0.5, 0.6) is 11.5 Å². The quantitative estimate of drug-likeness (QED) is 0.546. The van der Waals surface area contributed by atoms with Gasteiger partial charge in [-0.25, -0.2) is 4.99 Å². The fraction of sp³-hybridized carbons (Fsp3) is 0.174. The first-order valence-corrected chi connectivity index (χ1v) is 11.6. The summed E-state index contributed by atoms with van der Waals surface area (Å²) in [5.41, 5.74) is 2.54. The first kappa shape index (κ1) is 20.7.